The van der Waals surface area contributed by atoms with Crippen molar-refractivity contribution in [3.63, 3.8) is 0 Å². The van der Waals surface area contributed by atoms with Crippen LogP contribution in [0.4, 0.5) is 5.69 Å². The Balaban J connectivity index is 2.55. The zero-order valence-electron chi connectivity index (χ0n) is 8.21. The third-order valence-corrected chi connectivity index (χ3v) is 2.88. The molecule has 0 saturated carbocycles. The lowest BCUT2D eigenvalue weighted by Gasteiger charge is -2.23. The van der Waals surface area contributed by atoms with Gasteiger partial charge in [-0.05, 0) is 18.6 Å². The van der Waals surface area contributed by atoms with E-state index < -0.39 is 5.92 Å². The second kappa shape index (κ2) is 3.66. The predicted molar refractivity (Wildman–Crippen MR) is 58.2 cm³/mol. The van der Waals surface area contributed by atoms with Crippen LogP contribution in [-0.2, 0) is 4.79 Å². The first kappa shape index (κ1) is 10.2. The molecule has 1 amide bonds. The number of anilines is 1. The Hall–Kier alpha value is -1.35. The number of amides is 1. The quantitative estimate of drug-likeness (QED) is 0.744. The molecule has 0 aliphatic carbocycles. The van der Waals surface area contributed by atoms with E-state index in [2.05, 4.69) is 5.32 Å². The van der Waals surface area contributed by atoms with Crippen molar-refractivity contribution in [2.24, 2.45) is 5.92 Å². The molecule has 2 rings (SSSR count). The molecule has 0 saturated heterocycles. The van der Waals surface area contributed by atoms with Gasteiger partial charge in [0.05, 0.1) is 10.7 Å². The van der Waals surface area contributed by atoms with Crippen LogP contribution in [0.2, 0.25) is 5.02 Å². The van der Waals surface area contributed by atoms with Gasteiger partial charge in [-0.15, -0.1) is 0 Å². The highest BCUT2D eigenvalue weighted by Crippen LogP contribution is 2.32. The second-order valence-corrected chi connectivity index (χ2v) is 3.88. The van der Waals surface area contributed by atoms with Gasteiger partial charge in [-0.1, -0.05) is 24.6 Å². The minimum absolute atomic E-state index is 0.140. The number of halogens is 1. The average Bonchev–Trinajstić information content (AvgIpc) is 2.20. The summed E-state index contributed by atoms with van der Waals surface area (Å²) in [6.45, 7) is 1.82. The smallest absolute Gasteiger partial charge is 0.235 e. The standard InChI is InChI=1S/C11H10ClNO2/c1-2-6-10(14)7-4-3-5-8(12)9(7)13-11(6)15/h3-6H,2H2,1H3,(H,13,15)/t6-/m0/s1. The zero-order chi connectivity index (χ0) is 11.0. The van der Waals surface area contributed by atoms with E-state index in [1.807, 2.05) is 6.92 Å². The number of carbonyl (C=O) groups excluding carboxylic acids is 2. The minimum Gasteiger partial charge on any atom is -0.324 e. The molecule has 1 atom stereocenters. The van der Waals surface area contributed by atoms with E-state index in [9.17, 15) is 9.59 Å². The Morgan fingerprint density at radius 3 is 2.80 bits per heavy atom. The lowest BCUT2D eigenvalue weighted by atomic mass is 9.90. The van der Waals surface area contributed by atoms with Crippen molar-refractivity contribution in [1.82, 2.24) is 0 Å². The first-order chi connectivity index (χ1) is 7.15. The lowest BCUT2D eigenvalue weighted by molar-refractivity contribution is -0.118. The van der Waals surface area contributed by atoms with Gasteiger partial charge in [0.1, 0.15) is 5.92 Å². The minimum atomic E-state index is -0.573. The number of carbonyl (C=O) groups is 2. The summed E-state index contributed by atoms with van der Waals surface area (Å²) in [6, 6.07) is 5.05. The third kappa shape index (κ3) is 1.53. The number of Topliss-reactive ketones (excluding diaryl/α,β-unsaturated/α-hetero) is 1. The molecule has 0 spiro atoms. The molecule has 1 aromatic carbocycles. The summed E-state index contributed by atoms with van der Waals surface area (Å²) in [5, 5.41) is 3.07. The fourth-order valence-electron chi connectivity index (χ4n) is 1.74. The predicted octanol–water partition coefficient (Wildman–Crippen LogP) is 2.50. The summed E-state index contributed by atoms with van der Waals surface area (Å²) in [5.41, 5.74) is 0.952. The third-order valence-electron chi connectivity index (χ3n) is 2.57. The Labute approximate surface area is 92.4 Å². The number of nitrogens with one attached hydrogen (secondary N) is 1. The topological polar surface area (TPSA) is 46.2 Å². The molecule has 78 valence electrons. The summed E-state index contributed by atoms with van der Waals surface area (Å²) in [5.74, 6) is -0.974. The highest BCUT2D eigenvalue weighted by molar-refractivity contribution is 6.36. The summed E-state index contributed by atoms with van der Waals surface area (Å²) >= 11 is 5.90. The number of hydrogen-bond acceptors (Lipinski definition) is 2. The summed E-state index contributed by atoms with van der Waals surface area (Å²) in [6.07, 6.45) is 0.511. The molecule has 0 aromatic heterocycles. The second-order valence-electron chi connectivity index (χ2n) is 3.48. The Bertz CT molecular complexity index is 442. The van der Waals surface area contributed by atoms with E-state index in [1.54, 1.807) is 18.2 Å². The summed E-state index contributed by atoms with van der Waals surface area (Å²) < 4.78 is 0. The van der Waals surface area contributed by atoms with Gasteiger partial charge in [0.2, 0.25) is 5.91 Å². The van der Waals surface area contributed by atoms with Crippen LogP contribution >= 0.6 is 11.6 Å². The average molecular weight is 224 g/mol. The van der Waals surface area contributed by atoms with Gasteiger partial charge in [-0.2, -0.15) is 0 Å². The molecule has 1 aliphatic rings. The van der Waals surface area contributed by atoms with Crippen molar-refractivity contribution in [3.8, 4) is 0 Å². The monoisotopic (exact) mass is 223 g/mol. The number of hydrogen-bond donors (Lipinski definition) is 1. The normalized spacial score (nSPS) is 19.7. The molecule has 1 N–H and O–H groups in total. The maximum atomic E-state index is 11.9. The van der Waals surface area contributed by atoms with Gasteiger partial charge >= 0.3 is 0 Å². The highest BCUT2D eigenvalue weighted by atomic mass is 35.5. The van der Waals surface area contributed by atoms with Crippen LogP contribution in [0.5, 0.6) is 0 Å². The molecule has 15 heavy (non-hydrogen) atoms. The molecule has 1 aliphatic heterocycles. The Morgan fingerprint density at radius 1 is 1.40 bits per heavy atom. The van der Waals surface area contributed by atoms with Crippen LogP contribution in [0.25, 0.3) is 0 Å². The number of rotatable bonds is 1. The summed E-state index contributed by atoms with van der Waals surface area (Å²) in [4.78, 5) is 23.5. The maximum absolute atomic E-state index is 11.9. The highest BCUT2D eigenvalue weighted by Gasteiger charge is 2.33. The van der Waals surface area contributed by atoms with Crippen molar-refractivity contribution in [3.05, 3.63) is 28.8 Å². The van der Waals surface area contributed by atoms with Crippen molar-refractivity contribution in [1.29, 1.82) is 0 Å². The number of ketones is 1. The first-order valence-electron chi connectivity index (χ1n) is 4.78. The van der Waals surface area contributed by atoms with Crippen LogP contribution < -0.4 is 5.32 Å². The van der Waals surface area contributed by atoms with Gasteiger partial charge in [0, 0.05) is 5.56 Å². The van der Waals surface area contributed by atoms with Gasteiger partial charge in [0.15, 0.2) is 5.78 Å². The van der Waals surface area contributed by atoms with E-state index in [1.165, 1.54) is 0 Å². The summed E-state index contributed by atoms with van der Waals surface area (Å²) in [7, 11) is 0. The van der Waals surface area contributed by atoms with E-state index in [0.717, 1.165) is 0 Å². The molecule has 0 radical (unpaired) electrons. The lowest BCUT2D eigenvalue weighted by Crippen LogP contribution is -2.34. The molecule has 1 heterocycles. The van der Waals surface area contributed by atoms with Crippen molar-refractivity contribution < 1.29 is 9.59 Å². The van der Waals surface area contributed by atoms with Gasteiger partial charge < -0.3 is 5.32 Å². The molecular formula is C11H10ClNO2. The fourth-order valence-corrected chi connectivity index (χ4v) is 1.97. The molecular weight excluding hydrogens is 214 g/mol. The molecule has 0 fully saturated rings. The fraction of sp³-hybridized carbons (Fsp3) is 0.273. The Morgan fingerprint density at radius 2 is 2.13 bits per heavy atom. The Kier molecular flexibility index (Phi) is 2.49. The first-order valence-corrected chi connectivity index (χ1v) is 5.16. The van der Waals surface area contributed by atoms with E-state index >= 15 is 0 Å². The molecule has 3 nitrogen and oxygen atoms in total. The van der Waals surface area contributed by atoms with Crippen molar-refractivity contribution in [2.45, 2.75) is 13.3 Å². The maximum Gasteiger partial charge on any atom is 0.235 e. The molecule has 1 aromatic rings. The van der Waals surface area contributed by atoms with Gasteiger partial charge in [-0.25, -0.2) is 0 Å². The largest absolute Gasteiger partial charge is 0.324 e. The number of para-hydroxylation sites is 1. The number of benzene rings is 1. The van der Waals surface area contributed by atoms with Crippen LogP contribution in [0.15, 0.2) is 18.2 Å². The van der Waals surface area contributed by atoms with Crippen LogP contribution in [0.3, 0.4) is 0 Å². The van der Waals surface area contributed by atoms with Crippen LogP contribution in [-0.4, -0.2) is 11.7 Å². The van der Waals surface area contributed by atoms with Crippen molar-refractivity contribution in [2.75, 3.05) is 5.32 Å². The van der Waals surface area contributed by atoms with E-state index in [0.29, 0.717) is 22.7 Å². The molecule has 4 heteroatoms. The van der Waals surface area contributed by atoms with Crippen LogP contribution in [0, 0.1) is 5.92 Å². The van der Waals surface area contributed by atoms with Gasteiger partial charge in [0.25, 0.3) is 0 Å². The SMILES string of the molecule is CC[C@@H]1C(=O)Nc2c(Cl)cccc2C1=O. The van der Waals surface area contributed by atoms with Gasteiger partial charge in [-0.3, -0.25) is 9.59 Å². The molecule has 0 unspecified atom stereocenters. The van der Waals surface area contributed by atoms with E-state index in [4.69, 9.17) is 11.6 Å². The zero-order valence-corrected chi connectivity index (χ0v) is 8.97. The van der Waals surface area contributed by atoms with Crippen molar-refractivity contribution >= 4 is 29.0 Å². The molecule has 0 bridgehead atoms. The number of fused-ring (bicyclic) bond motifs is 1. The van der Waals surface area contributed by atoms with E-state index in [-0.39, 0.29) is 11.7 Å². The van der Waals surface area contributed by atoms with Crippen LogP contribution in [0.1, 0.15) is 23.7 Å².